The van der Waals surface area contributed by atoms with Gasteiger partial charge in [0.05, 0.1) is 30.9 Å². The van der Waals surface area contributed by atoms with Gasteiger partial charge in [0.25, 0.3) is 0 Å². The van der Waals surface area contributed by atoms with E-state index < -0.39 is 6.10 Å². The average molecular weight is 282 g/mol. The summed E-state index contributed by atoms with van der Waals surface area (Å²) < 4.78 is 5.73. The van der Waals surface area contributed by atoms with E-state index in [2.05, 4.69) is 9.97 Å². The molecule has 0 radical (unpaired) electrons. The van der Waals surface area contributed by atoms with Crippen LogP contribution in [0.15, 0.2) is 55.0 Å². The first-order valence-electron chi connectivity index (χ1n) is 7.01. The number of benzene rings is 2. The smallest absolute Gasteiger partial charge is 0.103 e. The van der Waals surface area contributed by atoms with Crippen LogP contribution in [0.3, 0.4) is 0 Å². The van der Waals surface area contributed by atoms with Gasteiger partial charge in [-0.3, -0.25) is 0 Å². The van der Waals surface area contributed by atoms with Crippen LogP contribution in [0.1, 0.15) is 30.4 Å². The number of aromatic amines is 1. The van der Waals surface area contributed by atoms with Crippen LogP contribution in [-0.2, 0) is 4.74 Å². The lowest BCUT2D eigenvalue weighted by Gasteiger charge is -2.17. The molecular weight excluding hydrogens is 264 g/mol. The Morgan fingerprint density at radius 2 is 2.00 bits per heavy atom. The largest absolute Gasteiger partial charge is 0.386 e. The highest BCUT2D eigenvalue weighted by molar-refractivity contribution is 5.85. The molecule has 3 aromatic rings. The number of nitrogens with zero attached hydrogens (tertiary/aromatic N) is 1. The molecule has 0 saturated heterocycles. The van der Waals surface area contributed by atoms with Crippen LogP contribution in [0, 0.1) is 0 Å². The van der Waals surface area contributed by atoms with E-state index in [0.29, 0.717) is 0 Å². The monoisotopic (exact) mass is 282 g/mol. The SMILES string of the molecule is CC(OCC(O)c1cccc2ccccc12)c1cnc[nH]1. The standard InChI is InChI=1S/C17H18N2O2/c1-12(16-9-18-11-19-16)21-10-17(20)15-8-4-6-13-5-2-3-7-14(13)15/h2-9,11-12,17,20H,10H2,1H3,(H,18,19). The predicted octanol–water partition coefficient (Wildman–Crippen LogP) is 3.37. The first-order chi connectivity index (χ1) is 10.3. The third-order valence-electron chi connectivity index (χ3n) is 3.64. The average Bonchev–Trinajstić information content (AvgIpc) is 3.06. The van der Waals surface area contributed by atoms with E-state index in [-0.39, 0.29) is 12.7 Å². The number of fused-ring (bicyclic) bond motifs is 1. The molecule has 1 aromatic heterocycles. The van der Waals surface area contributed by atoms with E-state index in [1.807, 2.05) is 49.4 Å². The zero-order valence-corrected chi connectivity index (χ0v) is 11.9. The summed E-state index contributed by atoms with van der Waals surface area (Å²) in [4.78, 5) is 6.98. The van der Waals surface area contributed by atoms with Crippen LogP contribution in [0.5, 0.6) is 0 Å². The zero-order valence-electron chi connectivity index (χ0n) is 11.9. The summed E-state index contributed by atoms with van der Waals surface area (Å²) in [7, 11) is 0. The molecule has 0 aliphatic rings. The molecule has 0 fully saturated rings. The molecule has 108 valence electrons. The summed E-state index contributed by atoms with van der Waals surface area (Å²) >= 11 is 0. The quantitative estimate of drug-likeness (QED) is 0.754. The molecule has 0 saturated carbocycles. The van der Waals surface area contributed by atoms with Crippen molar-refractivity contribution in [1.82, 2.24) is 9.97 Å². The van der Waals surface area contributed by atoms with Gasteiger partial charge in [0.1, 0.15) is 6.10 Å². The molecule has 4 heteroatoms. The molecule has 3 rings (SSSR count). The van der Waals surface area contributed by atoms with E-state index in [4.69, 9.17) is 4.74 Å². The number of nitrogens with one attached hydrogen (secondary N) is 1. The molecule has 0 bridgehead atoms. The second-order valence-electron chi connectivity index (χ2n) is 5.07. The minimum atomic E-state index is -0.651. The van der Waals surface area contributed by atoms with Crippen LogP contribution in [0.4, 0.5) is 0 Å². The topological polar surface area (TPSA) is 58.1 Å². The molecule has 0 aliphatic carbocycles. The van der Waals surface area contributed by atoms with Crippen molar-refractivity contribution in [3.05, 3.63) is 66.2 Å². The highest BCUT2D eigenvalue weighted by Gasteiger charge is 2.14. The number of H-pyrrole nitrogens is 1. The zero-order chi connectivity index (χ0) is 14.7. The van der Waals surface area contributed by atoms with Crippen LogP contribution < -0.4 is 0 Å². The maximum Gasteiger partial charge on any atom is 0.103 e. The number of hydrogen-bond donors (Lipinski definition) is 2. The van der Waals surface area contributed by atoms with Gasteiger partial charge >= 0.3 is 0 Å². The highest BCUT2D eigenvalue weighted by atomic mass is 16.5. The number of aliphatic hydroxyl groups is 1. The fraction of sp³-hybridized carbons (Fsp3) is 0.235. The highest BCUT2D eigenvalue weighted by Crippen LogP contribution is 2.25. The molecule has 2 atom stereocenters. The Labute approximate surface area is 123 Å². The Kier molecular flexibility index (Phi) is 3.99. The van der Waals surface area contributed by atoms with Crippen LogP contribution in [-0.4, -0.2) is 21.7 Å². The summed E-state index contributed by atoms with van der Waals surface area (Å²) in [6.07, 6.45) is 2.57. The van der Waals surface area contributed by atoms with E-state index >= 15 is 0 Å². The minimum Gasteiger partial charge on any atom is -0.386 e. The van der Waals surface area contributed by atoms with Gasteiger partial charge < -0.3 is 14.8 Å². The van der Waals surface area contributed by atoms with Gasteiger partial charge in [0, 0.05) is 0 Å². The first kappa shape index (κ1) is 13.8. The third kappa shape index (κ3) is 2.96. The van der Waals surface area contributed by atoms with Crippen molar-refractivity contribution in [2.75, 3.05) is 6.61 Å². The van der Waals surface area contributed by atoms with Crippen LogP contribution >= 0.6 is 0 Å². The molecule has 0 aliphatic heterocycles. The van der Waals surface area contributed by atoms with Gasteiger partial charge in [-0.1, -0.05) is 42.5 Å². The lowest BCUT2D eigenvalue weighted by molar-refractivity contribution is -0.00456. The van der Waals surface area contributed by atoms with Gasteiger partial charge in [-0.25, -0.2) is 4.98 Å². The summed E-state index contributed by atoms with van der Waals surface area (Å²) in [5, 5.41) is 12.6. The van der Waals surface area contributed by atoms with Gasteiger partial charge in [-0.05, 0) is 23.3 Å². The number of aliphatic hydroxyl groups excluding tert-OH is 1. The third-order valence-corrected chi connectivity index (χ3v) is 3.64. The molecule has 2 unspecified atom stereocenters. The first-order valence-corrected chi connectivity index (χ1v) is 7.01. The normalized spacial score (nSPS) is 14.2. The Balaban J connectivity index is 1.74. The van der Waals surface area contributed by atoms with Crippen LogP contribution in [0.2, 0.25) is 0 Å². The predicted molar refractivity (Wildman–Crippen MR) is 81.9 cm³/mol. The van der Waals surface area contributed by atoms with Crippen molar-refractivity contribution in [3.8, 4) is 0 Å². The Morgan fingerprint density at radius 1 is 1.19 bits per heavy atom. The number of aromatic nitrogens is 2. The second-order valence-corrected chi connectivity index (χ2v) is 5.07. The van der Waals surface area contributed by atoms with E-state index in [1.165, 1.54) is 0 Å². The molecule has 4 nitrogen and oxygen atoms in total. The second kappa shape index (κ2) is 6.08. The maximum atomic E-state index is 10.4. The molecule has 1 heterocycles. The maximum absolute atomic E-state index is 10.4. The lowest BCUT2D eigenvalue weighted by atomic mass is 10.0. The van der Waals surface area contributed by atoms with Gasteiger partial charge in [0.15, 0.2) is 0 Å². The van der Waals surface area contributed by atoms with Crippen molar-refractivity contribution in [2.45, 2.75) is 19.1 Å². The molecule has 2 aromatic carbocycles. The molecular formula is C17H18N2O2. The molecule has 0 spiro atoms. The number of rotatable bonds is 5. The fourth-order valence-electron chi connectivity index (χ4n) is 2.45. The van der Waals surface area contributed by atoms with Gasteiger partial charge in [-0.15, -0.1) is 0 Å². The van der Waals surface area contributed by atoms with Crippen molar-refractivity contribution in [2.24, 2.45) is 0 Å². The summed E-state index contributed by atoms with van der Waals surface area (Å²) in [5.74, 6) is 0. The fourth-order valence-corrected chi connectivity index (χ4v) is 2.45. The van der Waals surface area contributed by atoms with E-state index in [9.17, 15) is 5.11 Å². The molecule has 2 N–H and O–H groups in total. The van der Waals surface area contributed by atoms with E-state index in [1.54, 1.807) is 12.5 Å². The van der Waals surface area contributed by atoms with Crippen molar-refractivity contribution >= 4 is 10.8 Å². The Hall–Kier alpha value is -2.17. The van der Waals surface area contributed by atoms with Crippen molar-refractivity contribution in [1.29, 1.82) is 0 Å². The summed E-state index contributed by atoms with van der Waals surface area (Å²) in [5.41, 5.74) is 1.80. The molecule has 0 amide bonds. The molecule has 21 heavy (non-hydrogen) atoms. The van der Waals surface area contributed by atoms with Crippen molar-refractivity contribution < 1.29 is 9.84 Å². The van der Waals surface area contributed by atoms with Gasteiger partial charge in [-0.2, -0.15) is 0 Å². The van der Waals surface area contributed by atoms with Crippen LogP contribution in [0.25, 0.3) is 10.8 Å². The van der Waals surface area contributed by atoms with Crippen molar-refractivity contribution in [3.63, 3.8) is 0 Å². The number of hydrogen-bond acceptors (Lipinski definition) is 3. The number of imidazole rings is 1. The van der Waals surface area contributed by atoms with Gasteiger partial charge in [0.2, 0.25) is 0 Å². The number of ether oxygens (including phenoxy) is 1. The summed E-state index contributed by atoms with van der Waals surface area (Å²) in [6, 6.07) is 14.0. The van der Waals surface area contributed by atoms with E-state index in [0.717, 1.165) is 22.0 Å². The lowest BCUT2D eigenvalue weighted by Crippen LogP contribution is -2.10. The Morgan fingerprint density at radius 3 is 2.81 bits per heavy atom. The Bertz CT molecular complexity index is 704. The minimum absolute atomic E-state index is 0.128. The summed E-state index contributed by atoms with van der Waals surface area (Å²) in [6.45, 7) is 2.18.